The summed E-state index contributed by atoms with van der Waals surface area (Å²) in [6.45, 7) is 8.00. The molecule has 2 N–H and O–H groups in total. The fraction of sp³-hybridized carbons (Fsp3) is 0.643. The van der Waals surface area contributed by atoms with Crippen LogP contribution in [-0.4, -0.2) is 18.5 Å². The summed E-state index contributed by atoms with van der Waals surface area (Å²) in [7, 11) is 0. The van der Waals surface area contributed by atoms with Gasteiger partial charge in [0, 0.05) is 9.75 Å². The molecule has 2 unspecified atom stereocenters. The number of rotatable bonds is 3. The molecule has 0 bridgehead atoms. The molecule has 0 aromatic carbocycles. The Morgan fingerprint density at radius 1 is 1.56 bits per heavy atom. The smallest absolute Gasteiger partial charge is 0.237 e. The van der Waals surface area contributed by atoms with Crippen molar-refractivity contribution in [2.24, 2.45) is 5.92 Å². The van der Waals surface area contributed by atoms with Gasteiger partial charge in [-0.15, -0.1) is 11.3 Å². The summed E-state index contributed by atoms with van der Waals surface area (Å²) in [5.74, 6) is 0.580. The van der Waals surface area contributed by atoms with Crippen LogP contribution in [0.5, 0.6) is 0 Å². The van der Waals surface area contributed by atoms with Crippen molar-refractivity contribution in [2.75, 3.05) is 6.54 Å². The van der Waals surface area contributed by atoms with E-state index in [0.29, 0.717) is 12.5 Å². The van der Waals surface area contributed by atoms with Crippen molar-refractivity contribution in [2.45, 2.75) is 46.2 Å². The van der Waals surface area contributed by atoms with E-state index >= 15 is 0 Å². The maximum atomic E-state index is 12.1. The number of hydrogen-bond donors (Lipinski definition) is 2. The van der Waals surface area contributed by atoms with Crippen LogP contribution in [0.3, 0.4) is 0 Å². The molecule has 18 heavy (non-hydrogen) atoms. The van der Waals surface area contributed by atoms with Gasteiger partial charge in [0.25, 0.3) is 0 Å². The Morgan fingerprint density at radius 2 is 2.33 bits per heavy atom. The molecule has 4 heteroatoms. The van der Waals surface area contributed by atoms with Crippen LogP contribution in [0.4, 0.5) is 0 Å². The van der Waals surface area contributed by atoms with E-state index in [9.17, 15) is 4.79 Å². The van der Waals surface area contributed by atoms with Crippen LogP contribution in [0.1, 0.15) is 35.1 Å². The minimum Gasteiger partial charge on any atom is -0.350 e. The zero-order valence-corrected chi connectivity index (χ0v) is 12.2. The van der Waals surface area contributed by atoms with Crippen molar-refractivity contribution in [1.29, 1.82) is 0 Å². The lowest BCUT2D eigenvalue weighted by Crippen LogP contribution is -2.50. The molecule has 0 aliphatic carbocycles. The first-order chi connectivity index (χ1) is 8.58. The lowest BCUT2D eigenvalue weighted by atomic mass is 9.92. The summed E-state index contributed by atoms with van der Waals surface area (Å²) in [5, 5.41) is 6.36. The maximum Gasteiger partial charge on any atom is 0.237 e. The molecule has 1 aliphatic heterocycles. The van der Waals surface area contributed by atoms with Crippen LogP contribution in [0.15, 0.2) is 6.07 Å². The van der Waals surface area contributed by atoms with Crippen molar-refractivity contribution in [1.82, 2.24) is 10.6 Å². The SMILES string of the molecule is Cc1cc(CNC(=O)C2NCCCC2C)sc1C. The first-order valence-electron chi connectivity index (χ1n) is 6.65. The quantitative estimate of drug-likeness (QED) is 0.882. The van der Waals surface area contributed by atoms with Crippen LogP contribution < -0.4 is 10.6 Å². The molecule has 1 aromatic heterocycles. The normalized spacial score (nSPS) is 23.9. The minimum absolute atomic E-state index is 0.0130. The van der Waals surface area contributed by atoms with Crippen molar-refractivity contribution < 1.29 is 4.79 Å². The second-order valence-electron chi connectivity index (χ2n) is 5.22. The molecular weight excluding hydrogens is 244 g/mol. The van der Waals surface area contributed by atoms with Gasteiger partial charge in [-0.3, -0.25) is 4.79 Å². The standard InChI is InChI=1S/C14H22N2OS/c1-9-5-4-6-15-13(9)14(17)16-8-12-7-10(2)11(3)18-12/h7,9,13,15H,4-6,8H2,1-3H3,(H,16,17). The number of nitrogens with one attached hydrogen (secondary N) is 2. The molecular formula is C14H22N2OS. The van der Waals surface area contributed by atoms with Gasteiger partial charge in [0.2, 0.25) is 5.91 Å². The van der Waals surface area contributed by atoms with Gasteiger partial charge in [-0.1, -0.05) is 6.92 Å². The maximum absolute atomic E-state index is 12.1. The van der Waals surface area contributed by atoms with Gasteiger partial charge in [-0.2, -0.15) is 0 Å². The fourth-order valence-corrected chi connectivity index (χ4v) is 3.41. The van der Waals surface area contributed by atoms with Crippen LogP contribution in [0.2, 0.25) is 0 Å². The highest BCUT2D eigenvalue weighted by Gasteiger charge is 2.26. The summed E-state index contributed by atoms with van der Waals surface area (Å²) < 4.78 is 0. The Balaban J connectivity index is 1.87. The molecule has 1 aliphatic rings. The Labute approximate surface area is 113 Å². The number of carbonyl (C=O) groups is 1. The predicted molar refractivity (Wildman–Crippen MR) is 75.8 cm³/mol. The van der Waals surface area contributed by atoms with Crippen LogP contribution in [-0.2, 0) is 11.3 Å². The van der Waals surface area contributed by atoms with E-state index in [1.807, 2.05) is 0 Å². The summed E-state index contributed by atoms with van der Waals surface area (Å²) in [6.07, 6.45) is 2.32. The van der Waals surface area contributed by atoms with Crippen LogP contribution in [0.25, 0.3) is 0 Å². The van der Waals surface area contributed by atoms with Crippen molar-refractivity contribution >= 4 is 17.2 Å². The van der Waals surface area contributed by atoms with E-state index in [2.05, 4.69) is 37.5 Å². The highest BCUT2D eigenvalue weighted by Crippen LogP contribution is 2.20. The molecule has 3 nitrogen and oxygen atoms in total. The highest BCUT2D eigenvalue weighted by atomic mass is 32.1. The number of carbonyl (C=O) groups excluding carboxylic acids is 1. The average Bonchev–Trinajstić information content (AvgIpc) is 2.66. The topological polar surface area (TPSA) is 41.1 Å². The van der Waals surface area contributed by atoms with E-state index in [-0.39, 0.29) is 11.9 Å². The molecule has 2 rings (SSSR count). The summed E-state index contributed by atoms with van der Waals surface area (Å²) >= 11 is 1.77. The van der Waals surface area contributed by atoms with Gasteiger partial charge in [0.15, 0.2) is 0 Å². The first kappa shape index (κ1) is 13.6. The summed E-state index contributed by atoms with van der Waals surface area (Å²) in [5.41, 5.74) is 1.31. The van der Waals surface area contributed by atoms with Crippen LogP contribution in [0, 0.1) is 19.8 Å². The van der Waals surface area contributed by atoms with Gasteiger partial charge < -0.3 is 10.6 Å². The van der Waals surface area contributed by atoms with E-state index in [4.69, 9.17) is 0 Å². The fourth-order valence-electron chi connectivity index (χ4n) is 2.42. The molecule has 0 saturated carbocycles. The molecule has 1 amide bonds. The Kier molecular flexibility index (Phi) is 4.40. The van der Waals surface area contributed by atoms with Gasteiger partial charge in [-0.05, 0) is 50.8 Å². The second kappa shape index (κ2) is 5.85. The van der Waals surface area contributed by atoms with Crippen LogP contribution >= 0.6 is 11.3 Å². The van der Waals surface area contributed by atoms with Gasteiger partial charge in [0.05, 0.1) is 12.6 Å². The summed E-state index contributed by atoms with van der Waals surface area (Å²) in [4.78, 5) is 14.7. The van der Waals surface area contributed by atoms with E-state index in [1.54, 1.807) is 11.3 Å². The van der Waals surface area contributed by atoms with E-state index in [1.165, 1.54) is 21.7 Å². The van der Waals surface area contributed by atoms with E-state index in [0.717, 1.165) is 13.0 Å². The lowest BCUT2D eigenvalue weighted by molar-refractivity contribution is -0.125. The molecule has 2 atom stereocenters. The number of piperidine rings is 1. The Hall–Kier alpha value is -0.870. The third kappa shape index (κ3) is 3.12. The zero-order valence-electron chi connectivity index (χ0n) is 11.4. The molecule has 100 valence electrons. The zero-order chi connectivity index (χ0) is 13.1. The molecule has 1 aromatic rings. The highest BCUT2D eigenvalue weighted by molar-refractivity contribution is 7.12. The Morgan fingerprint density at radius 3 is 2.94 bits per heavy atom. The minimum atomic E-state index is -0.0130. The van der Waals surface area contributed by atoms with Gasteiger partial charge in [0.1, 0.15) is 0 Å². The molecule has 0 radical (unpaired) electrons. The molecule has 2 heterocycles. The Bertz CT molecular complexity index is 408. The molecule has 1 saturated heterocycles. The third-order valence-electron chi connectivity index (χ3n) is 3.71. The van der Waals surface area contributed by atoms with Crippen molar-refractivity contribution in [3.05, 3.63) is 21.4 Å². The predicted octanol–water partition coefficient (Wildman–Crippen LogP) is 2.37. The van der Waals surface area contributed by atoms with Crippen molar-refractivity contribution in [3.63, 3.8) is 0 Å². The first-order valence-corrected chi connectivity index (χ1v) is 7.46. The van der Waals surface area contributed by atoms with Gasteiger partial charge in [-0.25, -0.2) is 0 Å². The third-order valence-corrected chi connectivity index (χ3v) is 4.86. The molecule has 0 spiro atoms. The van der Waals surface area contributed by atoms with Crippen molar-refractivity contribution in [3.8, 4) is 0 Å². The number of amides is 1. The number of thiophene rings is 1. The monoisotopic (exact) mass is 266 g/mol. The van der Waals surface area contributed by atoms with E-state index < -0.39 is 0 Å². The average molecular weight is 266 g/mol. The molecule has 1 fully saturated rings. The summed E-state index contributed by atoms with van der Waals surface area (Å²) in [6, 6.07) is 2.15. The second-order valence-corrected chi connectivity index (χ2v) is 6.56. The number of hydrogen-bond acceptors (Lipinski definition) is 3. The number of aryl methyl sites for hydroxylation is 2. The van der Waals surface area contributed by atoms with Gasteiger partial charge >= 0.3 is 0 Å². The lowest BCUT2D eigenvalue weighted by Gasteiger charge is -2.28. The largest absolute Gasteiger partial charge is 0.350 e.